The van der Waals surface area contributed by atoms with Gasteiger partial charge in [0.05, 0.1) is 29.0 Å². The molecule has 1 aliphatic rings. The number of benzene rings is 5. The van der Waals surface area contributed by atoms with Crippen LogP contribution in [0.15, 0.2) is 132 Å². The summed E-state index contributed by atoms with van der Waals surface area (Å²) in [5, 5.41) is 12.6. The third kappa shape index (κ3) is 7.64. The number of carbonyl (C=O) groups excluding carboxylic acids is 1. The van der Waals surface area contributed by atoms with Crippen LogP contribution in [0.5, 0.6) is 0 Å². The number of rotatable bonds is 10. The number of fused-ring (bicyclic) bond motifs is 1. The molecule has 0 saturated carbocycles. The molecule has 1 saturated heterocycles. The van der Waals surface area contributed by atoms with Crippen molar-refractivity contribution in [1.29, 1.82) is 0 Å². The number of thiazole rings is 1. The van der Waals surface area contributed by atoms with Gasteiger partial charge in [0.15, 0.2) is 10.6 Å². The van der Waals surface area contributed by atoms with E-state index >= 15 is 0 Å². The predicted octanol–water partition coefficient (Wildman–Crippen LogP) is 8.72. The van der Waals surface area contributed by atoms with Crippen LogP contribution in [0.3, 0.4) is 0 Å². The van der Waals surface area contributed by atoms with Crippen LogP contribution in [-0.2, 0) is 22.6 Å². The molecule has 1 fully saturated rings. The van der Waals surface area contributed by atoms with Crippen molar-refractivity contribution in [1.82, 2.24) is 10.3 Å². The van der Waals surface area contributed by atoms with Crippen LogP contribution in [0.4, 0.5) is 0 Å². The Hall–Kier alpha value is -4.31. The van der Waals surface area contributed by atoms with E-state index < -0.39 is 6.29 Å². The minimum atomic E-state index is -0.555. The van der Waals surface area contributed by atoms with Gasteiger partial charge in [-0.05, 0) is 64.2 Å². The molecule has 0 bridgehead atoms. The number of aliphatic hydroxyl groups excluding tert-OH is 1. The van der Waals surface area contributed by atoms with Gasteiger partial charge in [0.1, 0.15) is 0 Å². The lowest BCUT2D eigenvalue weighted by Crippen LogP contribution is -2.31. The number of nitrogens with one attached hydrogen (secondary N) is 1. The van der Waals surface area contributed by atoms with Crippen molar-refractivity contribution in [2.75, 3.05) is 5.75 Å². The van der Waals surface area contributed by atoms with Crippen molar-refractivity contribution < 1.29 is 19.4 Å². The third-order valence-corrected chi connectivity index (χ3v) is 10.5. The van der Waals surface area contributed by atoms with Crippen molar-refractivity contribution in [3.63, 3.8) is 0 Å². The topological polar surface area (TPSA) is 80.7 Å². The zero-order valence-corrected chi connectivity index (χ0v) is 27.3. The summed E-state index contributed by atoms with van der Waals surface area (Å²) in [6.45, 7) is 0.438. The Morgan fingerprint density at radius 1 is 0.809 bits per heavy atom. The van der Waals surface area contributed by atoms with Crippen LogP contribution in [-0.4, -0.2) is 27.9 Å². The molecule has 8 heteroatoms. The van der Waals surface area contributed by atoms with E-state index in [0.29, 0.717) is 18.5 Å². The van der Waals surface area contributed by atoms with E-state index in [1.54, 1.807) is 23.1 Å². The highest BCUT2D eigenvalue weighted by atomic mass is 32.2. The molecule has 2 heterocycles. The molecule has 6 aromatic rings. The van der Waals surface area contributed by atoms with Gasteiger partial charge in [0.2, 0.25) is 0 Å². The first-order chi connectivity index (χ1) is 23.1. The zero-order valence-electron chi connectivity index (χ0n) is 25.6. The lowest BCUT2D eigenvalue weighted by Gasteiger charge is -2.36. The van der Waals surface area contributed by atoms with Crippen molar-refractivity contribution in [2.24, 2.45) is 0 Å². The van der Waals surface area contributed by atoms with Gasteiger partial charge in [-0.2, -0.15) is 0 Å². The molecule has 3 unspecified atom stereocenters. The second kappa shape index (κ2) is 14.6. The van der Waals surface area contributed by atoms with E-state index in [1.807, 2.05) is 97.1 Å². The lowest BCUT2D eigenvalue weighted by atomic mass is 9.99. The molecular weight excluding hydrogens is 625 g/mol. The van der Waals surface area contributed by atoms with Gasteiger partial charge in [-0.1, -0.05) is 103 Å². The largest absolute Gasteiger partial charge is 0.392 e. The maximum atomic E-state index is 12.6. The number of amides is 1. The van der Waals surface area contributed by atoms with Crippen molar-refractivity contribution in [2.45, 2.75) is 42.4 Å². The molecule has 1 aliphatic heterocycles. The molecule has 47 heavy (non-hydrogen) atoms. The molecule has 1 amide bonds. The first-order valence-electron chi connectivity index (χ1n) is 15.6. The lowest BCUT2D eigenvalue weighted by molar-refractivity contribution is -0.245. The monoisotopic (exact) mass is 658 g/mol. The molecular formula is C39H34N2O4S2. The van der Waals surface area contributed by atoms with Crippen LogP contribution in [0, 0.1) is 0 Å². The van der Waals surface area contributed by atoms with E-state index in [1.165, 1.54) is 4.70 Å². The fraction of sp³-hybridized carbons (Fsp3) is 0.179. The van der Waals surface area contributed by atoms with Gasteiger partial charge >= 0.3 is 0 Å². The first-order valence-corrected chi connectivity index (χ1v) is 17.4. The third-order valence-electron chi connectivity index (χ3n) is 8.19. The summed E-state index contributed by atoms with van der Waals surface area (Å²) in [6.07, 6.45) is -0.0692. The predicted molar refractivity (Wildman–Crippen MR) is 188 cm³/mol. The number of para-hydroxylation sites is 1. The molecule has 0 aliphatic carbocycles. The summed E-state index contributed by atoms with van der Waals surface area (Å²) in [5.41, 5.74) is 7.64. The first kappa shape index (κ1) is 31.3. The molecule has 3 atom stereocenters. The Morgan fingerprint density at radius 2 is 1.57 bits per heavy atom. The fourth-order valence-electron chi connectivity index (χ4n) is 5.70. The second-order valence-electron chi connectivity index (χ2n) is 11.5. The molecule has 0 spiro atoms. The Kier molecular flexibility index (Phi) is 9.74. The Balaban J connectivity index is 1.09. The van der Waals surface area contributed by atoms with Crippen molar-refractivity contribution in [3.8, 4) is 11.1 Å². The van der Waals surface area contributed by atoms with Gasteiger partial charge < -0.3 is 19.9 Å². The normalized spacial score (nSPS) is 17.9. The Bertz CT molecular complexity index is 1930. The maximum Gasteiger partial charge on any atom is 0.251 e. The Morgan fingerprint density at radius 3 is 2.38 bits per heavy atom. The summed E-state index contributed by atoms with van der Waals surface area (Å²) < 4.78 is 15.5. The fourth-order valence-corrected chi connectivity index (χ4v) is 7.81. The highest BCUT2D eigenvalue weighted by molar-refractivity contribution is 8.01. The van der Waals surface area contributed by atoms with Gasteiger partial charge in [-0.15, -0.1) is 11.3 Å². The number of hydrogen-bond acceptors (Lipinski definition) is 7. The van der Waals surface area contributed by atoms with Crippen LogP contribution in [0.2, 0.25) is 0 Å². The minimum absolute atomic E-state index is 0.00631. The van der Waals surface area contributed by atoms with Gasteiger partial charge in [0, 0.05) is 29.8 Å². The standard InChI is InChI=1S/C39H34N2O4S2/c42-24-26-16-18-28(19-17-26)35-22-33(25-46-39-41-34-14-4-5-15-36(34)47-39)44-38(45-35)32-13-7-12-31(21-32)30-11-6-8-27(20-30)23-40-37(43)29-9-2-1-3-10-29/h1-21,33,35,38,42H,22-25H2,(H,40,43). The van der Waals surface area contributed by atoms with Crippen molar-refractivity contribution >= 4 is 39.2 Å². The van der Waals surface area contributed by atoms with E-state index in [2.05, 4.69) is 35.6 Å². The molecule has 0 radical (unpaired) electrons. The molecule has 7 rings (SSSR count). The molecule has 1 aromatic heterocycles. The van der Waals surface area contributed by atoms with Crippen LogP contribution < -0.4 is 5.32 Å². The molecule has 236 valence electrons. The van der Waals surface area contributed by atoms with Crippen LogP contribution in [0.1, 0.15) is 51.4 Å². The SMILES string of the molecule is O=C(NCc1cccc(-c2cccc(C3OC(CSc4nc5ccccc5s4)CC(c4ccc(CO)cc4)O3)c2)c1)c1ccccc1. The Labute approximate surface area is 282 Å². The van der Waals surface area contributed by atoms with E-state index in [-0.39, 0.29) is 24.7 Å². The summed E-state index contributed by atoms with van der Waals surface area (Å²) in [4.78, 5) is 17.4. The van der Waals surface area contributed by atoms with Gasteiger partial charge in [-0.25, -0.2) is 4.98 Å². The number of thioether (sulfide) groups is 1. The highest BCUT2D eigenvalue weighted by Crippen LogP contribution is 2.41. The molecule has 6 nitrogen and oxygen atoms in total. The smallest absolute Gasteiger partial charge is 0.251 e. The summed E-state index contributed by atoms with van der Waals surface area (Å²) in [6, 6.07) is 41.9. The van der Waals surface area contributed by atoms with E-state index in [4.69, 9.17) is 14.5 Å². The number of nitrogens with zero attached hydrogens (tertiary/aromatic N) is 1. The van der Waals surface area contributed by atoms with E-state index in [0.717, 1.165) is 49.0 Å². The summed E-state index contributed by atoms with van der Waals surface area (Å²) >= 11 is 3.43. The average molecular weight is 659 g/mol. The van der Waals surface area contributed by atoms with Gasteiger partial charge in [0.25, 0.3) is 5.91 Å². The van der Waals surface area contributed by atoms with Crippen LogP contribution in [0.25, 0.3) is 21.3 Å². The van der Waals surface area contributed by atoms with Gasteiger partial charge in [-0.3, -0.25) is 4.79 Å². The second-order valence-corrected chi connectivity index (χ2v) is 13.8. The summed E-state index contributed by atoms with van der Waals surface area (Å²) in [7, 11) is 0. The molecule has 5 aromatic carbocycles. The zero-order chi connectivity index (χ0) is 32.0. The quantitative estimate of drug-likeness (QED) is 0.143. The number of aromatic nitrogens is 1. The number of ether oxygens (including phenoxy) is 2. The minimum Gasteiger partial charge on any atom is -0.392 e. The maximum absolute atomic E-state index is 12.6. The van der Waals surface area contributed by atoms with Crippen molar-refractivity contribution in [3.05, 3.63) is 155 Å². The number of aliphatic hydroxyl groups is 1. The number of hydrogen-bond donors (Lipinski definition) is 2. The summed E-state index contributed by atoms with van der Waals surface area (Å²) in [5.74, 6) is 0.655. The number of carbonyl (C=O) groups is 1. The van der Waals surface area contributed by atoms with E-state index in [9.17, 15) is 9.90 Å². The average Bonchev–Trinajstić information content (AvgIpc) is 3.57. The molecule has 2 N–H and O–H groups in total. The highest BCUT2D eigenvalue weighted by Gasteiger charge is 2.32. The van der Waals surface area contributed by atoms with Crippen LogP contribution >= 0.6 is 23.1 Å².